The van der Waals surface area contributed by atoms with Crippen molar-refractivity contribution in [3.63, 3.8) is 0 Å². The van der Waals surface area contributed by atoms with E-state index in [1.54, 1.807) is 18.2 Å². The summed E-state index contributed by atoms with van der Waals surface area (Å²) >= 11 is 11.4. The Bertz CT molecular complexity index is 559. The molecule has 7 heteroatoms. The minimum Gasteiger partial charge on any atom is -0.308 e. The van der Waals surface area contributed by atoms with Crippen molar-refractivity contribution in [3.05, 3.63) is 46.8 Å². The highest BCUT2D eigenvalue weighted by Crippen LogP contribution is 2.13. The first-order valence-electron chi connectivity index (χ1n) is 4.94. The molecular formula is C11H8Cl2N4O. The fraction of sp³-hybridized carbons (Fsp3) is 0. The molecular weight excluding hydrogens is 275 g/mol. The van der Waals surface area contributed by atoms with Gasteiger partial charge in [-0.25, -0.2) is 14.8 Å². The third-order valence-electron chi connectivity index (χ3n) is 1.95. The van der Waals surface area contributed by atoms with Crippen LogP contribution in [0.15, 0.2) is 36.7 Å². The van der Waals surface area contributed by atoms with Crippen LogP contribution in [0, 0.1) is 0 Å². The molecule has 92 valence electrons. The molecule has 0 bridgehead atoms. The Morgan fingerprint density at radius 1 is 1.11 bits per heavy atom. The van der Waals surface area contributed by atoms with Crippen molar-refractivity contribution >= 4 is 40.7 Å². The van der Waals surface area contributed by atoms with Crippen LogP contribution in [-0.2, 0) is 0 Å². The van der Waals surface area contributed by atoms with E-state index in [9.17, 15) is 4.79 Å². The number of amides is 2. The summed E-state index contributed by atoms with van der Waals surface area (Å²) in [5, 5.41) is 5.96. The fourth-order valence-corrected chi connectivity index (χ4v) is 1.49. The minimum atomic E-state index is -0.424. The smallest absolute Gasteiger partial charge is 0.308 e. The number of hydrogen-bond acceptors (Lipinski definition) is 3. The molecule has 0 aliphatic rings. The number of rotatable bonds is 2. The molecule has 2 N–H and O–H groups in total. The molecule has 2 heterocycles. The van der Waals surface area contributed by atoms with E-state index in [-0.39, 0.29) is 0 Å². The first-order chi connectivity index (χ1) is 8.63. The standard InChI is InChI=1S/C11H8Cl2N4O/c12-7-1-2-10(15-6-7)17-11(18)16-8-3-4-14-9(13)5-8/h1-6H,(H2,14,15,16,17,18). The number of hydrogen-bond donors (Lipinski definition) is 2. The first-order valence-corrected chi connectivity index (χ1v) is 5.70. The van der Waals surface area contributed by atoms with E-state index in [0.717, 1.165) is 0 Å². The molecule has 18 heavy (non-hydrogen) atoms. The van der Waals surface area contributed by atoms with Crippen LogP contribution in [0.1, 0.15) is 0 Å². The maximum Gasteiger partial charge on any atom is 0.324 e. The van der Waals surface area contributed by atoms with Gasteiger partial charge in [0.25, 0.3) is 0 Å². The predicted molar refractivity (Wildman–Crippen MR) is 71.1 cm³/mol. The molecule has 2 aromatic heterocycles. The maximum atomic E-state index is 11.6. The molecule has 0 spiro atoms. The fourth-order valence-electron chi connectivity index (χ4n) is 1.21. The molecule has 0 radical (unpaired) electrons. The van der Waals surface area contributed by atoms with Crippen molar-refractivity contribution < 1.29 is 4.79 Å². The van der Waals surface area contributed by atoms with Crippen LogP contribution in [-0.4, -0.2) is 16.0 Å². The highest BCUT2D eigenvalue weighted by atomic mass is 35.5. The van der Waals surface area contributed by atoms with Gasteiger partial charge in [-0.3, -0.25) is 5.32 Å². The molecule has 0 fully saturated rings. The number of carbonyl (C=O) groups excluding carboxylic acids is 1. The number of aromatic nitrogens is 2. The number of nitrogens with one attached hydrogen (secondary N) is 2. The number of pyridine rings is 2. The molecule has 0 aromatic carbocycles. The van der Waals surface area contributed by atoms with Crippen LogP contribution in [0.5, 0.6) is 0 Å². The number of nitrogens with zero attached hydrogens (tertiary/aromatic N) is 2. The second-order valence-corrected chi connectivity index (χ2v) is 4.13. The predicted octanol–water partition coefficient (Wildman–Crippen LogP) is 3.43. The largest absolute Gasteiger partial charge is 0.324 e. The monoisotopic (exact) mass is 282 g/mol. The SMILES string of the molecule is O=C(Nc1ccnc(Cl)c1)Nc1ccc(Cl)cn1. The average molecular weight is 283 g/mol. The van der Waals surface area contributed by atoms with Crippen molar-refractivity contribution in [1.29, 1.82) is 0 Å². The quantitative estimate of drug-likeness (QED) is 0.830. The summed E-state index contributed by atoms with van der Waals surface area (Å²) in [5.41, 5.74) is 0.543. The Hall–Kier alpha value is -1.85. The van der Waals surface area contributed by atoms with Gasteiger partial charge in [0.05, 0.1) is 5.02 Å². The summed E-state index contributed by atoms with van der Waals surface area (Å²) in [6.45, 7) is 0. The Kier molecular flexibility index (Phi) is 3.96. The Labute approximate surface area is 113 Å². The topological polar surface area (TPSA) is 66.9 Å². The first kappa shape index (κ1) is 12.6. The van der Waals surface area contributed by atoms with Gasteiger partial charge in [0.1, 0.15) is 11.0 Å². The van der Waals surface area contributed by atoms with E-state index < -0.39 is 6.03 Å². The van der Waals surface area contributed by atoms with Gasteiger partial charge >= 0.3 is 6.03 Å². The van der Waals surface area contributed by atoms with Gasteiger partial charge in [0.15, 0.2) is 0 Å². The normalized spacial score (nSPS) is 9.89. The van der Waals surface area contributed by atoms with E-state index in [1.165, 1.54) is 18.5 Å². The van der Waals surface area contributed by atoms with Gasteiger partial charge in [-0.05, 0) is 24.3 Å². The van der Waals surface area contributed by atoms with Crippen molar-refractivity contribution in [2.24, 2.45) is 0 Å². The molecule has 0 unspecified atom stereocenters. The Morgan fingerprint density at radius 3 is 2.61 bits per heavy atom. The lowest BCUT2D eigenvalue weighted by Crippen LogP contribution is -2.20. The van der Waals surface area contributed by atoms with E-state index >= 15 is 0 Å². The van der Waals surface area contributed by atoms with Crippen LogP contribution < -0.4 is 10.6 Å². The number of carbonyl (C=O) groups is 1. The van der Waals surface area contributed by atoms with Gasteiger partial charge in [-0.1, -0.05) is 23.2 Å². The molecule has 0 saturated carbocycles. The second-order valence-electron chi connectivity index (χ2n) is 3.31. The molecule has 0 atom stereocenters. The van der Waals surface area contributed by atoms with E-state index in [1.807, 2.05) is 0 Å². The lowest BCUT2D eigenvalue weighted by Gasteiger charge is -2.06. The van der Waals surface area contributed by atoms with Crippen LogP contribution in [0.3, 0.4) is 0 Å². The van der Waals surface area contributed by atoms with Crippen LogP contribution >= 0.6 is 23.2 Å². The number of anilines is 2. The Morgan fingerprint density at radius 2 is 1.94 bits per heavy atom. The second kappa shape index (κ2) is 5.66. The van der Waals surface area contributed by atoms with Crippen molar-refractivity contribution in [3.8, 4) is 0 Å². The molecule has 0 aliphatic heterocycles. The summed E-state index contributed by atoms with van der Waals surface area (Å²) in [7, 11) is 0. The van der Waals surface area contributed by atoms with Gasteiger partial charge in [0.2, 0.25) is 0 Å². The van der Waals surface area contributed by atoms with Gasteiger partial charge in [-0.15, -0.1) is 0 Å². The number of urea groups is 1. The van der Waals surface area contributed by atoms with Crippen LogP contribution in [0.4, 0.5) is 16.3 Å². The highest BCUT2D eigenvalue weighted by molar-refractivity contribution is 6.30. The van der Waals surface area contributed by atoms with Crippen LogP contribution in [0.2, 0.25) is 10.2 Å². The van der Waals surface area contributed by atoms with Crippen LogP contribution in [0.25, 0.3) is 0 Å². The minimum absolute atomic E-state index is 0.303. The third kappa shape index (κ3) is 3.58. The maximum absolute atomic E-state index is 11.6. The van der Waals surface area contributed by atoms with E-state index in [4.69, 9.17) is 23.2 Å². The molecule has 2 amide bonds. The molecule has 0 saturated heterocycles. The van der Waals surface area contributed by atoms with Crippen molar-refractivity contribution in [1.82, 2.24) is 9.97 Å². The molecule has 2 aromatic rings. The van der Waals surface area contributed by atoms with Crippen molar-refractivity contribution in [2.45, 2.75) is 0 Å². The lowest BCUT2D eigenvalue weighted by molar-refractivity contribution is 0.262. The van der Waals surface area contributed by atoms with E-state index in [2.05, 4.69) is 20.6 Å². The zero-order chi connectivity index (χ0) is 13.0. The summed E-state index contributed by atoms with van der Waals surface area (Å²) in [4.78, 5) is 19.4. The zero-order valence-corrected chi connectivity index (χ0v) is 10.5. The van der Waals surface area contributed by atoms with Gasteiger partial charge in [0, 0.05) is 18.1 Å². The third-order valence-corrected chi connectivity index (χ3v) is 2.38. The average Bonchev–Trinajstić information content (AvgIpc) is 2.32. The molecule has 0 aliphatic carbocycles. The summed E-state index contributed by atoms with van der Waals surface area (Å²) in [6.07, 6.45) is 2.94. The van der Waals surface area contributed by atoms with Gasteiger partial charge < -0.3 is 5.32 Å². The summed E-state index contributed by atoms with van der Waals surface area (Å²) < 4.78 is 0. The highest BCUT2D eigenvalue weighted by Gasteiger charge is 2.03. The van der Waals surface area contributed by atoms with Gasteiger partial charge in [-0.2, -0.15) is 0 Å². The van der Waals surface area contributed by atoms with E-state index in [0.29, 0.717) is 21.7 Å². The summed E-state index contributed by atoms with van der Waals surface area (Å²) in [5.74, 6) is 0.400. The molecule has 2 rings (SSSR count). The summed E-state index contributed by atoms with van der Waals surface area (Å²) in [6, 6.07) is 5.97. The molecule has 5 nitrogen and oxygen atoms in total. The van der Waals surface area contributed by atoms with Crippen molar-refractivity contribution in [2.75, 3.05) is 10.6 Å². The zero-order valence-electron chi connectivity index (χ0n) is 9.02. The Balaban J connectivity index is 1.98. The number of halogens is 2. The lowest BCUT2D eigenvalue weighted by atomic mass is 10.4.